The van der Waals surface area contributed by atoms with Gasteiger partial charge in [-0.3, -0.25) is 0 Å². The summed E-state index contributed by atoms with van der Waals surface area (Å²) in [7, 11) is 0. The standard InChI is InChI=1S/C13H9BrN2O2S/c1-7-2-3-10(17)9(4-7)13-15-12(16-18-13)11-5-8(14)6-19-11/h2-6,17H,1H3. The van der Waals surface area contributed by atoms with Crippen molar-refractivity contribution in [1.29, 1.82) is 0 Å². The van der Waals surface area contributed by atoms with Gasteiger partial charge in [-0.1, -0.05) is 16.8 Å². The van der Waals surface area contributed by atoms with Gasteiger partial charge in [-0.2, -0.15) is 4.98 Å². The number of thiophene rings is 1. The summed E-state index contributed by atoms with van der Waals surface area (Å²) in [5.74, 6) is 0.973. The number of phenolic OH excluding ortho intramolecular Hbond substituents is 1. The molecule has 3 aromatic rings. The van der Waals surface area contributed by atoms with E-state index in [-0.39, 0.29) is 5.75 Å². The van der Waals surface area contributed by atoms with E-state index in [1.54, 1.807) is 6.07 Å². The molecule has 0 aliphatic rings. The molecule has 19 heavy (non-hydrogen) atoms. The summed E-state index contributed by atoms with van der Waals surface area (Å²) in [6.07, 6.45) is 0. The van der Waals surface area contributed by atoms with Crippen molar-refractivity contribution in [1.82, 2.24) is 10.1 Å². The second-order valence-electron chi connectivity index (χ2n) is 4.07. The first-order valence-corrected chi connectivity index (χ1v) is 7.19. The molecule has 2 heterocycles. The molecule has 0 unspecified atom stereocenters. The van der Waals surface area contributed by atoms with Crippen LogP contribution in [0.1, 0.15) is 5.56 Å². The molecule has 0 fully saturated rings. The second kappa shape index (κ2) is 4.79. The van der Waals surface area contributed by atoms with Crippen molar-refractivity contribution in [3.63, 3.8) is 0 Å². The lowest BCUT2D eigenvalue weighted by molar-refractivity contribution is 0.426. The highest BCUT2D eigenvalue weighted by Crippen LogP contribution is 2.32. The van der Waals surface area contributed by atoms with Crippen LogP contribution < -0.4 is 0 Å². The van der Waals surface area contributed by atoms with Gasteiger partial charge in [0.05, 0.1) is 10.4 Å². The third kappa shape index (κ3) is 2.41. The van der Waals surface area contributed by atoms with E-state index in [1.807, 2.05) is 30.5 Å². The Kier molecular flexibility index (Phi) is 3.12. The molecule has 1 aromatic carbocycles. The Morgan fingerprint density at radius 2 is 2.16 bits per heavy atom. The Bertz CT molecular complexity index is 736. The lowest BCUT2D eigenvalue weighted by Gasteiger charge is -1.99. The van der Waals surface area contributed by atoms with Crippen LogP contribution in [0.25, 0.3) is 22.2 Å². The largest absolute Gasteiger partial charge is 0.507 e. The zero-order chi connectivity index (χ0) is 13.4. The predicted molar refractivity (Wildman–Crippen MR) is 77.1 cm³/mol. The Morgan fingerprint density at radius 1 is 1.32 bits per heavy atom. The molecule has 1 N–H and O–H groups in total. The maximum Gasteiger partial charge on any atom is 0.262 e. The smallest absolute Gasteiger partial charge is 0.262 e. The summed E-state index contributed by atoms with van der Waals surface area (Å²) in [4.78, 5) is 5.23. The van der Waals surface area contributed by atoms with Crippen molar-refractivity contribution in [2.45, 2.75) is 6.92 Å². The highest BCUT2D eigenvalue weighted by Gasteiger charge is 2.15. The van der Waals surface area contributed by atoms with Gasteiger partial charge in [0.15, 0.2) is 0 Å². The van der Waals surface area contributed by atoms with Gasteiger partial charge in [-0.25, -0.2) is 0 Å². The quantitative estimate of drug-likeness (QED) is 0.760. The highest BCUT2D eigenvalue weighted by molar-refractivity contribution is 9.10. The summed E-state index contributed by atoms with van der Waals surface area (Å²) in [5.41, 5.74) is 1.57. The summed E-state index contributed by atoms with van der Waals surface area (Å²) in [6, 6.07) is 7.19. The van der Waals surface area contributed by atoms with Crippen LogP contribution in [0.2, 0.25) is 0 Å². The van der Waals surface area contributed by atoms with E-state index >= 15 is 0 Å². The van der Waals surface area contributed by atoms with E-state index in [9.17, 15) is 5.11 Å². The van der Waals surface area contributed by atoms with Crippen molar-refractivity contribution < 1.29 is 9.63 Å². The third-order valence-electron chi connectivity index (χ3n) is 2.60. The van der Waals surface area contributed by atoms with Crippen molar-refractivity contribution in [2.75, 3.05) is 0 Å². The summed E-state index contributed by atoms with van der Waals surface area (Å²) in [6.45, 7) is 1.94. The topological polar surface area (TPSA) is 59.2 Å². The molecule has 0 saturated heterocycles. The van der Waals surface area contributed by atoms with Crippen LogP contribution in [0.3, 0.4) is 0 Å². The molecular weight excluding hydrogens is 328 g/mol. The number of hydrogen-bond donors (Lipinski definition) is 1. The molecule has 0 radical (unpaired) electrons. The van der Waals surface area contributed by atoms with Gasteiger partial charge in [0.25, 0.3) is 5.89 Å². The number of nitrogens with zero attached hydrogens (tertiary/aromatic N) is 2. The van der Waals surface area contributed by atoms with Crippen molar-refractivity contribution in [2.24, 2.45) is 0 Å². The maximum atomic E-state index is 9.84. The van der Waals surface area contributed by atoms with Crippen LogP contribution in [-0.4, -0.2) is 15.2 Å². The van der Waals surface area contributed by atoms with E-state index in [1.165, 1.54) is 11.3 Å². The number of benzene rings is 1. The van der Waals surface area contributed by atoms with E-state index in [2.05, 4.69) is 26.1 Å². The second-order valence-corrected chi connectivity index (χ2v) is 5.90. The highest BCUT2D eigenvalue weighted by atomic mass is 79.9. The van der Waals surface area contributed by atoms with Crippen LogP contribution in [-0.2, 0) is 0 Å². The molecule has 0 spiro atoms. The number of rotatable bonds is 2. The Balaban J connectivity index is 2.03. The molecular formula is C13H9BrN2O2S. The normalized spacial score (nSPS) is 10.8. The first-order chi connectivity index (χ1) is 9.13. The fourth-order valence-electron chi connectivity index (χ4n) is 1.68. The number of aryl methyl sites for hydroxylation is 1. The molecule has 0 aliphatic carbocycles. The van der Waals surface area contributed by atoms with Gasteiger partial charge >= 0.3 is 0 Å². The third-order valence-corrected chi connectivity index (χ3v) is 4.28. The minimum atomic E-state index is 0.133. The zero-order valence-corrected chi connectivity index (χ0v) is 12.3. The van der Waals surface area contributed by atoms with Gasteiger partial charge in [-0.15, -0.1) is 11.3 Å². The predicted octanol–water partition coefficient (Wildman–Crippen LogP) is 4.24. The molecule has 0 aliphatic heterocycles. The molecule has 0 bridgehead atoms. The maximum absolute atomic E-state index is 9.84. The van der Waals surface area contributed by atoms with Gasteiger partial charge in [0.2, 0.25) is 5.82 Å². The van der Waals surface area contributed by atoms with Gasteiger partial charge in [0.1, 0.15) is 5.75 Å². The van der Waals surface area contributed by atoms with E-state index < -0.39 is 0 Å². The number of halogens is 1. The van der Waals surface area contributed by atoms with Crippen LogP contribution >= 0.6 is 27.3 Å². The summed E-state index contributed by atoms with van der Waals surface area (Å²) >= 11 is 4.91. The number of phenols is 1. The summed E-state index contributed by atoms with van der Waals surface area (Å²) in [5, 5.41) is 15.7. The summed E-state index contributed by atoms with van der Waals surface area (Å²) < 4.78 is 6.20. The van der Waals surface area contributed by atoms with Crippen molar-refractivity contribution >= 4 is 27.3 Å². The number of aromatic nitrogens is 2. The lowest BCUT2D eigenvalue weighted by Crippen LogP contribution is -1.81. The van der Waals surface area contributed by atoms with E-state index in [4.69, 9.17) is 4.52 Å². The average Bonchev–Trinajstić information content (AvgIpc) is 3.00. The van der Waals surface area contributed by atoms with Gasteiger partial charge < -0.3 is 9.63 Å². The van der Waals surface area contributed by atoms with Gasteiger partial charge in [-0.05, 0) is 41.1 Å². The lowest BCUT2D eigenvalue weighted by atomic mass is 10.1. The van der Waals surface area contributed by atoms with Crippen LogP contribution in [0.4, 0.5) is 0 Å². The average molecular weight is 337 g/mol. The first-order valence-electron chi connectivity index (χ1n) is 5.51. The molecule has 2 aromatic heterocycles. The SMILES string of the molecule is Cc1ccc(O)c(-c2nc(-c3cc(Br)cs3)no2)c1. The molecule has 0 atom stereocenters. The monoisotopic (exact) mass is 336 g/mol. The minimum Gasteiger partial charge on any atom is -0.507 e. The molecule has 0 amide bonds. The van der Waals surface area contributed by atoms with E-state index in [0.717, 1.165) is 14.9 Å². The van der Waals surface area contributed by atoms with Gasteiger partial charge in [0, 0.05) is 9.85 Å². The number of hydrogen-bond acceptors (Lipinski definition) is 5. The Labute approximate surface area is 121 Å². The van der Waals surface area contributed by atoms with Crippen LogP contribution in [0.5, 0.6) is 5.75 Å². The molecule has 0 saturated carbocycles. The molecule has 6 heteroatoms. The van der Waals surface area contributed by atoms with Crippen LogP contribution in [0, 0.1) is 6.92 Å². The Morgan fingerprint density at radius 3 is 2.89 bits per heavy atom. The molecule has 4 nitrogen and oxygen atoms in total. The van der Waals surface area contributed by atoms with Crippen molar-refractivity contribution in [3.05, 3.63) is 39.7 Å². The van der Waals surface area contributed by atoms with Crippen molar-refractivity contribution in [3.8, 4) is 27.9 Å². The minimum absolute atomic E-state index is 0.133. The Hall–Kier alpha value is -1.66. The molecule has 3 rings (SSSR count). The van der Waals surface area contributed by atoms with E-state index in [0.29, 0.717) is 17.3 Å². The fourth-order valence-corrected chi connectivity index (χ4v) is 3.04. The van der Waals surface area contributed by atoms with Crippen LogP contribution in [0.15, 0.2) is 38.6 Å². The zero-order valence-electron chi connectivity index (χ0n) is 9.92. The fraction of sp³-hybridized carbons (Fsp3) is 0.0769. The molecule has 96 valence electrons. The number of aromatic hydroxyl groups is 1. The first kappa shape index (κ1) is 12.4.